The van der Waals surface area contributed by atoms with Gasteiger partial charge in [0.1, 0.15) is 18.1 Å². The van der Waals surface area contributed by atoms with Crippen LogP contribution < -0.4 is 4.74 Å². The minimum Gasteiger partial charge on any atom is -0.486 e. The maximum atomic E-state index is 5.69. The maximum Gasteiger partial charge on any atom is 0.235 e. The largest absolute Gasteiger partial charge is 0.486 e. The van der Waals surface area contributed by atoms with Crippen LogP contribution in [0, 0.1) is 6.92 Å². The molecule has 3 heterocycles. The van der Waals surface area contributed by atoms with Crippen molar-refractivity contribution in [1.82, 2.24) is 25.0 Å². The third-order valence-corrected chi connectivity index (χ3v) is 3.87. The summed E-state index contributed by atoms with van der Waals surface area (Å²) in [6.07, 6.45) is 0. The predicted octanol–water partition coefficient (Wildman–Crippen LogP) is 2.73. The van der Waals surface area contributed by atoms with Crippen LogP contribution in [-0.4, -0.2) is 25.0 Å². The van der Waals surface area contributed by atoms with E-state index in [1.54, 1.807) is 10.6 Å². The Morgan fingerprint density at radius 2 is 2.09 bits per heavy atom. The SMILES string of the molecule is Cc1cc(-c2nnc3sc(COc4ccccc4)nn23)no1. The molecule has 0 saturated heterocycles. The number of ether oxygens (including phenoxy) is 1. The molecule has 110 valence electrons. The van der Waals surface area contributed by atoms with Crippen molar-refractivity contribution in [2.24, 2.45) is 0 Å². The molecule has 0 bridgehead atoms. The van der Waals surface area contributed by atoms with Crippen molar-refractivity contribution in [3.63, 3.8) is 0 Å². The van der Waals surface area contributed by atoms with Crippen molar-refractivity contribution < 1.29 is 9.26 Å². The summed E-state index contributed by atoms with van der Waals surface area (Å²) in [6.45, 7) is 2.21. The van der Waals surface area contributed by atoms with E-state index in [0.717, 1.165) is 16.5 Å². The van der Waals surface area contributed by atoms with Crippen molar-refractivity contribution >= 4 is 16.3 Å². The minimum absolute atomic E-state index is 0.384. The molecule has 1 aromatic carbocycles. The highest BCUT2D eigenvalue weighted by molar-refractivity contribution is 7.16. The molecule has 22 heavy (non-hydrogen) atoms. The summed E-state index contributed by atoms with van der Waals surface area (Å²) in [7, 11) is 0. The Hall–Kier alpha value is -2.74. The highest BCUT2D eigenvalue weighted by Gasteiger charge is 2.16. The molecule has 0 fully saturated rings. The molecule has 8 heteroatoms. The summed E-state index contributed by atoms with van der Waals surface area (Å²) in [6, 6.07) is 11.4. The van der Waals surface area contributed by atoms with Gasteiger partial charge in [-0.05, 0) is 19.1 Å². The van der Waals surface area contributed by atoms with Gasteiger partial charge in [0, 0.05) is 6.07 Å². The molecule has 7 nitrogen and oxygen atoms in total. The first-order valence-corrected chi connectivity index (χ1v) is 7.44. The number of hydrogen-bond acceptors (Lipinski definition) is 7. The third kappa shape index (κ3) is 2.33. The van der Waals surface area contributed by atoms with Gasteiger partial charge in [0.05, 0.1) is 0 Å². The Kier molecular flexibility index (Phi) is 3.08. The van der Waals surface area contributed by atoms with Crippen LogP contribution in [0.4, 0.5) is 0 Å². The second-order valence-corrected chi connectivity index (χ2v) is 5.68. The molecule has 0 amide bonds. The molecule has 0 aliphatic carbocycles. The topological polar surface area (TPSA) is 78.3 Å². The zero-order valence-electron chi connectivity index (χ0n) is 11.6. The number of fused-ring (bicyclic) bond motifs is 1. The lowest BCUT2D eigenvalue weighted by molar-refractivity contribution is 0.304. The molecule has 0 atom stereocenters. The average Bonchev–Trinajstić information content (AvgIpc) is 3.21. The van der Waals surface area contributed by atoms with E-state index < -0.39 is 0 Å². The van der Waals surface area contributed by atoms with Gasteiger partial charge in [-0.2, -0.15) is 9.61 Å². The molecule has 4 rings (SSSR count). The van der Waals surface area contributed by atoms with Gasteiger partial charge in [-0.1, -0.05) is 34.7 Å². The quantitative estimate of drug-likeness (QED) is 0.576. The smallest absolute Gasteiger partial charge is 0.235 e. The first-order chi connectivity index (χ1) is 10.8. The lowest BCUT2D eigenvalue weighted by Gasteiger charge is -2.01. The number of aryl methyl sites for hydroxylation is 1. The molecule has 4 aromatic rings. The van der Waals surface area contributed by atoms with Crippen LogP contribution in [0.3, 0.4) is 0 Å². The van der Waals surface area contributed by atoms with E-state index >= 15 is 0 Å². The van der Waals surface area contributed by atoms with E-state index in [2.05, 4.69) is 20.5 Å². The number of nitrogens with zero attached hydrogens (tertiary/aromatic N) is 5. The molecule has 0 unspecified atom stereocenters. The maximum absolute atomic E-state index is 5.69. The number of para-hydroxylation sites is 1. The fourth-order valence-electron chi connectivity index (χ4n) is 2.01. The van der Waals surface area contributed by atoms with Crippen molar-refractivity contribution in [3.8, 4) is 17.3 Å². The number of hydrogen-bond donors (Lipinski definition) is 0. The summed E-state index contributed by atoms with van der Waals surface area (Å²) < 4.78 is 12.4. The number of rotatable bonds is 4. The molecule has 3 aromatic heterocycles. The van der Waals surface area contributed by atoms with Crippen LogP contribution in [0.5, 0.6) is 5.75 Å². The first kappa shape index (κ1) is 13.0. The zero-order chi connectivity index (χ0) is 14.9. The first-order valence-electron chi connectivity index (χ1n) is 6.62. The average molecular weight is 313 g/mol. The van der Waals surface area contributed by atoms with Crippen LogP contribution in [0.25, 0.3) is 16.5 Å². The Morgan fingerprint density at radius 3 is 2.86 bits per heavy atom. The highest BCUT2D eigenvalue weighted by atomic mass is 32.1. The van der Waals surface area contributed by atoms with E-state index in [1.165, 1.54) is 11.3 Å². The Balaban J connectivity index is 1.60. The summed E-state index contributed by atoms with van der Waals surface area (Å²) >= 11 is 1.43. The third-order valence-electron chi connectivity index (χ3n) is 3.00. The van der Waals surface area contributed by atoms with Gasteiger partial charge in [-0.3, -0.25) is 0 Å². The van der Waals surface area contributed by atoms with Crippen LogP contribution in [-0.2, 0) is 6.61 Å². The van der Waals surface area contributed by atoms with Crippen LogP contribution in [0.1, 0.15) is 10.8 Å². The van der Waals surface area contributed by atoms with Crippen LogP contribution in [0.15, 0.2) is 40.9 Å². The Bertz CT molecular complexity index is 912. The summed E-state index contributed by atoms with van der Waals surface area (Å²) in [5, 5.41) is 17.4. The predicted molar refractivity (Wildman–Crippen MR) is 79.7 cm³/mol. The highest BCUT2D eigenvalue weighted by Crippen LogP contribution is 2.22. The summed E-state index contributed by atoms with van der Waals surface area (Å²) in [5.74, 6) is 2.09. The fraction of sp³-hybridized carbons (Fsp3) is 0.143. The second kappa shape index (κ2) is 5.23. The lowest BCUT2D eigenvalue weighted by atomic mass is 10.3. The lowest BCUT2D eigenvalue weighted by Crippen LogP contribution is -1.97. The van der Waals surface area contributed by atoms with E-state index in [4.69, 9.17) is 9.26 Å². The molecular weight excluding hydrogens is 302 g/mol. The van der Waals surface area contributed by atoms with Gasteiger partial charge in [0.25, 0.3) is 0 Å². The van der Waals surface area contributed by atoms with E-state index in [0.29, 0.717) is 23.1 Å². The summed E-state index contributed by atoms with van der Waals surface area (Å²) in [4.78, 5) is 0.697. The second-order valence-electron chi connectivity index (χ2n) is 4.64. The van der Waals surface area contributed by atoms with Gasteiger partial charge >= 0.3 is 0 Å². The van der Waals surface area contributed by atoms with E-state index in [9.17, 15) is 0 Å². The van der Waals surface area contributed by atoms with E-state index in [-0.39, 0.29) is 0 Å². The Morgan fingerprint density at radius 1 is 1.23 bits per heavy atom. The molecular formula is C14H11N5O2S. The zero-order valence-corrected chi connectivity index (χ0v) is 12.4. The molecule has 0 saturated carbocycles. The van der Waals surface area contributed by atoms with Crippen molar-refractivity contribution in [2.45, 2.75) is 13.5 Å². The van der Waals surface area contributed by atoms with E-state index in [1.807, 2.05) is 37.3 Å². The van der Waals surface area contributed by atoms with Gasteiger partial charge in [-0.15, -0.1) is 10.2 Å². The van der Waals surface area contributed by atoms with Crippen molar-refractivity contribution in [2.75, 3.05) is 0 Å². The van der Waals surface area contributed by atoms with Crippen LogP contribution in [0.2, 0.25) is 0 Å². The fourth-order valence-corrected chi connectivity index (χ4v) is 2.75. The van der Waals surface area contributed by atoms with Gasteiger partial charge in [0.2, 0.25) is 10.8 Å². The normalized spacial score (nSPS) is 11.1. The molecule has 0 spiro atoms. The monoisotopic (exact) mass is 313 g/mol. The van der Waals surface area contributed by atoms with Gasteiger partial charge < -0.3 is 9.26 Å². The number of benzene rings is 1. The molecule has 0 N–H and O–H groups in total. The molecule has 0 aliphatic rings. The standard InChI is InChI=1S/C14H11N5O2S/c1-9-7-11(18-21-9)13-15-16-14-19(13)17-12(22-14)8-20-10-5-3-2-4-6-10/h2-7H,8H2,1H3. The van der Waals surface area contributed by atoms with Crippen molar-refractivity contribution in [1.29, 1.82) is 0 Å². The van der Waals surface area contributed by atoms with Gasteiger partial charge in [0.15, 0.2) is 10.7 Å². The number of aromatic nitrogens is 5. The van der Waals surface area contributed by atoms with Crippen LogP contribution >= 0.6 is 11.3 Å². The Labute approximate surface area is 129 Å². The summed E-state index contributed by atoms with van der Waals surface area (Å²) in [5.41, 5.74) is 0.617. The van der Waals surface area contributed by atoms with Gasteiger partial charge in [-0.25, -0.2) is 0 Å². The van der Waals surface area contributed by atoms with Crippen molar-refractivity contribution in [3.05, 3.63) is 47.2 Å². The molecule has 0 aliphatic heterocycles. The minimum atomic E-state index is 0.384. The molecule has 0 radical (unpaired) electrons.